The van der Waals surface area contributed by atoms with Gasteiger partial charge in [0.15, 0.2) is 11.6 Å². The van der Waals surface area contributed by atoms with Gasteiger partial charge in [-0.3, -0.25) is 9.67 Å². The Balaban J connectivity index is 0.00000272. The van der Waals surface area contributed by atoms with Crippen LogP contribution in [0.15, 0.2) is 35.7 Å². The molecule has 4 rings (SSSR count). The molecule has 0 atom stereocenters. The van der Waals surface area contributed by atoms with Crippen molar-refractivity contribution in [1.29, 1.82) is 0 Å². The molecule has 3 aromatic rings. The quantitative estimate of drug-likeness (QED) is 0.176. The monoisotopic (exact) mass is 536 g/mol. The molecule has 1 aromatic carbocycles. The van der Waals surface area contributed by atoms with E-state index in [1.54, 1.807) is 17.2 Å². The number of fused-ring (bicyclic) bond motifs is 2. The minimum Gasteiger partial charge on any atom is -0.493 e. The van der Waals surface area contributed by atoms with Gasteiger partial charge >= 0.3 is 0 Å². The molecule has 0 unspecified atom stereocenters. The Bertz CT molecular complexity index is 1040. The summed E-state index contributed by atoms with van der Waals surface area (Å²) < 4.78 is 7.31. The molecule has 0 saturated carbocycles. The number of rotatable bonds is 8. The second kappa shape index (κ2) is 11.1. The fourth-order valence-corrected chi connectivity index (χ4v) is 3.50. The van der Waals surface area contributed by atoms with Crippen LogP contribution < -0.4 is 20.7 Å². The van der Waals surface area contributed by atoms with Gasteiger partial charge in [-0.15, -0.1) is 24.0 Å². The van der Waals surface area contributed by atoms with Crippen molar-refractivity contribution in [2.24, 2.45) is 12.0 Å². The maximum absolute atomic E-state index is 5.57. The van der Waals surface area contributed by atoms with Crippen molar-refractivity contribution in [1.82, 2.24) is 30.4 Å². The molecule has 0 saturated heterocycles. The van der Waals surface area contributed by atoms with E-state index in [-0.39, 0.29) is 24.0 Å². The Hall–Kier alpha value is -2.63. The molecule has 0 bridgehead atoms. The minimum absolute atomic E-state index is 0. The Morgan fingerprint density at radius 3 is 3.00 bits per heavy atom. The van der Waals surface area contributed by atoms with E-state index in [1.807, 2.05) is 7.05 Å². The molecule has 0 radical (unpaired) electrons. The Labute approximate surface area is 199 Å². The van der Waals surface area contributed by atoms with E-state index < -0.39 is 0 Å². The number of aryl methyl sites for hydroxylation is 1. The van der Waals surface area contributed by atoms with Crippen LogP contribution in [0, 0.1) is 0 Å². The smallest absolute Gasteiger partial charge is 0.191 e. The van der Waals surface area contributed by atoms with Crippen molar-refractivity contribution in [3.8, 4) is 5.75 Å². The summed E-state index contributed by atoms with van der Waals surface area (Å²) in [5, 5.41) is 15.2. The fourth-order valence-electron chi connectivity index (χ4n) is 3.50. The lowest BCUT2D eigenvalue weighted by Crippen LogP contribution is -2.39. The molecule has 2 aromatic heterocycles. The second-order valence-electron chi connectivity index (χ2n) is 7.13. The molecule has 10 heteroatoms. The lowest BCUT2D eigenvalue weighted by atomic mass is 10.1. The van der Waals surface area contributed by atoms with Crippen molar-refractivity contribution in [2.45, 2.75) is 19.8 Å². The third kappa shape index (κ3) is 5.75. The molecule has 1 aliphatic heterocycles. The third-order valence-corrected chi connectivity index (χ3v) is 5.01. The Morgan fingerprint density at radius 2 is 2.13 bits per heavy atom. The highest BCUT2D eigenvalue weighted by Crippen LogP contribution is 2.26. The average molecular weight is 536 g/mol. The first kappa shape index (κ1) is 23.0. The summed E-state index contributed by atoms with van der Waals surface area (Å²) in [5.74, 6) is 2.63. The standard InChI is InChI=1S/C21H28N8O.HI/c1-3-22-21(24-8-6-15-4-5-18-16(12-15)7-11-30-18)25-10-9-23-19-17-13-28-29(2)20(17)27-14-26-19;/h4-5,12-14H,3,6-11H2,1-2H3,(H2,22,24,25)(H,23,26,27);1H. The van der Waals surface area contributed by atoms with E-state index in [2.05, 4.69) is 56.1 Å². The molecule has 31 heavy (non-hydrogen) atoms. The van der Waals surface area contributed by atoms with Gasteiger partial charge in [-0.05, 0) is 30.5 Å². The largest absolute Gasteiger partial charge is 0.493 e. The summed E-state index contributed by atoms with van der Waals surface area (Å²) in [6.45, 7) is 5.82. The van der Waals surface area contributed by atoms with Gasteiger partial charge in [0, 0.05) is 39.6 Å². The van der Waals surface area contributed by atoms with Crippen LogP contribution in [0.2, 0.25) is 0 Å². The van der Waals surface area contributed by atoms with Crippen LogP contribution in [-0.2, 0) is 19.9 Å². The lowest BCUT2D eigenvalue weighted by molar-refractivity contribution is 0.357. The zero-order valence-corrected chi connectivity index (χ0v) is 20.2. The number of anilines is 1. The van der Waals surface area contributed by atoms with Crippen LogP contribution in [0.4, 0.5) is 5.82 Å². The summed E-state index contributed by atoms with van der Waals surface area (Å²) in [6, 6.07) is 6.44. The molecule has 0 fully saturated rings. The van der Waals surface area contributed by atoms with Crippen molar-refractivity contribution in [3.05, 3.63) is 41.9 Å². The molecule has 1 aliphatic rings. The molecular weight excluding hydrogens is 507 g/mol. The van der Waals surface area contributed by atoms with Crippen LogP contribution in [-0.4, -0.2) is 58.5 Å². The van der Waals surface area contributed by atoms with Crippen molar-refractivity contribution >= 4 is 46.8 Å². The molecule has 0 aliphatic carbocycles. The molecule has 0 spiro atoms. The number of halogens is 1. The van der Waals surface area contributed by atoms with Gasteiger partial charge in [0.25, 0.3) is 0 Å². The van der Waals surface area contributed by atoms with Crippen LogP contribution in [0.25, 0.3) is 11.0 Å². The average Bonchev–Trinajstić information content (AvgIpc) is 3.38. The second-order valence-corrected chi connectivity index (χ2v) is 7.13. The Kier molecular flexibility index (Phi) is 8.27. The first-order valence-corrected chi connectivity index (χ1v) is 10.4. The van der Waals surface area contributed by atoms with Gasteiger partial charge in [0.1, 0.15) is 17.9 Å². The number of hydrogen-bond donors (Lipinski definition) is 3. The number of guanidine groups is 1. The fraction of sp³-hybridized carbons (Fsp3) is 0.429. The third-order valence-electron chi connectivity index (χ3n) is 5.01. The number of hydrogen-bond acceptors (Lipinski definition) is 6. The summed E-state index contributed by atoms with van der Waals surface area (Å²) in [6.07, 6.45) is 5.24. The molecular formula is C21H29IN8O. The molecule has 9 nitrogen and oxygen atoms in total. The van der Waals surface area contributed by atoms with Gasteiger partial charge in [-0.2, -0.15) is 5.10 Å². The zero-order chi connectivity index (χ0) is 20.8. The number of aliphatic imine (C=N–C) groups is 1. The van der Waals surface area contributed by atoms with Crippen molar-refractivity contribution in [2.75, 3.05) is 38.1 Å². The predicted molar refractivity (Wildman–Crippen MR) is 134 cm³/mol. The van der Waals surface area contributed by atoms with Gasteiger partial charge in [0.05, 0.1) is 18.2 Å². The van der Waals surface area contributed by atoms with Gasteiger partial charge < -0.3 is 20.7 Å². The number of ether oxygens (including phenoxy) is 1. The van der Waals surface area contributed by atoms with Crippen LogP contribution >= 0.6 is 24.0 Å². The Morgan fingerprint density at radius 1 is 1.23 bits per heavy atom. The predicted octanol–water partition coefficient (Wildman–Crippen LogP) is 2.13. The maximum atomic E-state index is 5.57. The minimum atomic E-state index is 0. The highest BCUT2D eigenvalue weighted by Gasteiger charge is 2.11. The van der Waals surface area contributed by atoms with Crippen molar-refractivity contribution in [3.63, 3.8) is 0 Å². The van der Waals surface area contributed by atoms with E-state index >= 15 is 0 Å². The molecule has 3 heterocycles. The van der Waals surface area contributed by atoms with E-state index in [1.165, 1.54) is 11.1 Å². The molecule has 0 amide bonds. The number of nitrogens with zero attached hydrogens (tertiary/aromatic N) is 5. The summed E-state index contributed by atoms with van der Waals surface area (Å²) in [4.78, 5) is 13.3. The van der Waals surface area contributed by atoms with Gasteiger partial charge in [0.2, 0.25) is 0 Å². The van der Waals surface area contributed by atoms with E-state index in [0.717, 1.165) is 61.1 Å². The topological polar surface area (TPSA) is 101 Å². The normalized spacial score (nSPS) is 12.8. The first-order valence-electron chi connectivity index (χ1n) is 10.4. The summed E-state index contributed by atoms with van der Waals surface area (Å²) >= 11 is 0. The van der Waals surface area contributed by atoms with Crippen LogP contribution in [0.3, 0.4) is 0 Å². The highest BCUT2D eigenvalue weighted by molar-refractivity contribution is 14.0. The SMILES string of the molecule is CCNC(=NCCc1ccc2c(c1)CCO2)NCCNc1ncnc2c1cnn2C.I. The molecule has 166 valence electrons. The van der Waals surface area contributed by atoms with Gasteiger partial charge in [-0.25, -0.2) is 9.97 Å². The number of aromatic nitrogens is 4. The van der Waals surface area contributed by atoms with Crippen LogP contribution in [0.1, 0.15) is 18.1 Å². The van der Waals surface area contributed by atoms with Crippen molar-refractivity contribution < 1.29 is 4.74 Å². The van der Waals surface area contributed by atoms with E-state index in [0.29, 0.717) is 13.1 Å². The van der Waals surface area contributed by atoms with Crippen LogP contribution in [0.5, 0.6) is 5.75 Å². The van der Waals surface area contributed by atoms with E-state index in [9.17, 15) is 0 Å². The zero-order valence-electron chi connectivity index (χ0n) is 17.9. The van der Waals surface area contributed by atoms with Gasteiger partial charge in [-0.1, -0.05) is 12.1 Å². The maximum Gasteiger partial charge on any atom is 0.191 e. The lowest BCUT2D eigenvalue weighted by Gasteiger charge is -2.12. The van der Waals surface area contributed by atoms with E-state index in [4.69, 9.17) is 9.73 Å². The number of nitrogens with one attached hydrogen (secondary N) is 3. The number of benzene rings is 1. The summed E-state index contributed by atoms with van der Waals surface area (Å²) in [5.41, 5.74) is 3.42. The highest BCUT2D eigenvalue weighted by atomic mass is 127. The molecule has 3 N–H and O–H groups in total. The summed E-state index contributed by atoms with van der Waals surface area (Å²) in [7, 11) is 1.87. The first-order chi connectivity index (χ1) is 14.7.